The van der Waals surface area contributed by atoms with E-state index in [2.05, 4.69) is 14.2 Å². The fourth-order valence-electron chi connectivity index (χ4n) is 0.0544. The molecule has 0 saturated heterocycles. The summed E-state index contributed by atoms with van der Waals surface area (Å²) in [5.74, 6) is 0. The summed E-state index contributed by atoms with van der Waals surface area (Å²) in [7, 11) is -6.47. The summed E-state index contributed by atoms with van der Waals surface area (Å²) >= 11 is 9.76. The molecule has 13 heavy (non-hydrogen) atoms. The maximum atomic E-state index is 9.24. The fourth-order valence-corrected chi connectivity index (χ4v) is 0.490. The number of hydrogen-bond acceptors (Lipinski definition) is 5. The van der Waals surface area contributed by atoms with Gasteiger partial charge in [0.15, 0.2) is 0 Å². The van der Waals surface area contributed by atoms with E-state index in [0.29, 0.717) is 0 Å². The van der Waals surface area contributed by atoms with Crippen LogP contribution in [0.15, 0.2) is 0 Å². The number of hydrogen-bond donors (Lipinski definition) is 0. The molecule has 0 aliphatic rings. The van der Waals surface area contributed by atoms with Gasteiger partial charge in [0.25, 0.3) is 0 Å². The van der Waals surface area contributed by atoms with E-state index in [0.717, 1.165) is 0 Å². The van der Waals surface area contributed by atoms with Gasteiger partial charge in [-0.05, 0) is 9.13 Å². The van der Waals surface area contributed by atoms with Crippen LogP contribution < -0.4 is 9.79 Å². The van der Waals surface area contributed by atoms with Gasteiger partial charge in [-0.2, -0.15) is 0 Å². The summed E-state index contributed by atoms with van der Waals surface area (Å²) in [6.45, 7) is 0. The number of halogens is 2. The minimum atomic E-state index is -3.24. The standard InChI is InChI=1S/CH2Cl2.2CH3.O5P2.Sn/c2-1-3;;;1-6(2)5-7(3)4;/h1H2;2*1H3;;/q;;;;+2. The summed E-state index contributed by atoms with van der Waals surface area (Å²) in [4.78, 5) is 23.1. The molecule has 2 unspecified atom stereocenters. The molecule has 0 N–H and O–H groups in total. The molecule has 10 heteroatoms. The molecule has 76 valence electrons. The molecule has 0 aromatic rings. The molecule has 0 aliphatic carbocycles. The zero-order valence-electron chi connectivity index (χ0n) is 6.90. The van der Waals surface area contributed by atoms with Crippen LogP contribution in [0.1, 0.15) is 0 Å². The molecular formula is C3H8Cl2O5P2Sn+2. The summed E-state index contributed by atoms with van der Waals surface area (Å²) in [5, 5.41) is 0.194. The first-order valence-electron chi connectivity index (χ1n) is 2.63. The number of rotatable bonds is 2. The fraction of sp³-hybridized carbons (Fsp3) is 1.00. The molecule has 0 amide bonds. The van der Waals surface area contributed by atoms with Gasteiger partial charge in [0, 0.05) is 0 Å². The average Bonchev–Trinajstić information content (AvgIpc) is 1.86. The van der Waals surface area contributed by atoms with Crippen LogP contribution in [0.5, 0.6) is 0 Å². The van der Waals surface area contributed by atoms with E-state index in [-0.39, 0.29) is 26.5 Å². The monoisotopic (exact) mass is 376 g/mol. The van der Waals surface area contributed by atoms with Crippen LogP contribution in [0.4, 0.5) is 0 Å². The second-order valence-electron chi connectivity index (χ2n) is 1.13. The Kier molecular flexibility index (Phi) is 29.3. The predicted octanol–water partition coefficient (Wildman–Crippen LogP) is 1.25. The second-order valence-corrected chi connectivity index (χ2v) is 6.34. The molecule has 0 saturated carbocycles. The topological polar surface area (TPSA) is 89.5 Å². The van der Waals surface area contributed by atoms with Gasteiger partial charge in [0.05, 0.1) is 5.34 Å². The first-order chi connectivity index (χ1) is 5.95. The van der Waals surface area contributed by atoms with Crippen molar-refractivity contribution in [2.75, 3.05) is 5.34 Å². The molecule has 0 aliphatic heterocycles. The van der Waals surface area contributed by atoms with Crippen molar-refractivity contribution in [3.63, 3.8) is 0 Å². The van der Waals surface area contributed by atoms with E-state index < -0.39 is 16.5 Å². The maximum absolute atomic E-state index is 9.24. The van der Waals surface area contributed by atoms with Crippen molar-refractivity contribution in [3.8, 4) is 0 Å². The summed E-state index contributed by atoms with van der Waals surface area (Å²) in [6.07, 6.45) is 0. The van der Waals surface area contributed by atoms with Gasteiger partial charge in [-0.1, -0.05) is 0 Å². The van der Waals surface area contributed by atoms with Gasteiger partial charge in [0.1, 0.15) is 4.31 Å². The van der Waals surface area contributed by atoms with E-state index in [1.807, 2.05) is 0 Å². The zero-order valence-corrected chi connectivity index (χ0v) is 13.1. The van der Waals surface area contributed by atoms with E-state index in [4.69, 9.17) is 23.2 Å². The quantitative estimate of drug-likeness (QED) is 0.411. The molecular weight excluding hydrogens is 368 g/mol. The third-order valence-electron chi connectivity index (χ3n) is 0.133. The van der Waals surface area contributed by atoms with E-state index in [1.54, 1.807) is 0 Å². The predicted molar refractivity (Wildman–Crippen MR) is 50.4 cm³/mol. The first-order valence-corrected chi connectivity index (χ1v) is 11.6. The van der Waals surface area contributed by atoms with Crippen molar-refractivity contribution in [3.05, 3.63) is 0 Å². The van der Waals surface area contributed by atoms with Crippen LogP contribution in [-0.4, -0.2) is 26.5 Å². The Morgan fingerprint density at radius 2 is 1.38 bits per heavy atom. The molecule has 0 radical (unpaired) electrons. The van der Waals surface area contributed by atoms with Gasteiger partial charge in [-0.25, -0.2) is 0 Å². The summed E-state index contributed by atoms with van der Waals surface area (Å²) in [5.41, 5.74) is 0. The van der Waals surface area contributed by atoms with E-state index in [9.17, 15) is 18.9 Å². The Bertz CT molecular complexity index is 123. The van der Waals surface area contributed by atoms with E-state index >= 15 is 0 Å². The Morgan fingerprint density at radius 3 is 1.38 bits per heavy atom. The SMILES string of the molecule is ClCCl.O=[P+]([O-])O[P+](=O)[O-].[CH3][Sn+2][CH3]. The van der Waals surface area contributed by atoms with Gasteiger partial charge in [0.2, 0.25) is 0 Å². The van der Waals surface area contributed by atoms with Gasteiger partial charge < -0.3 is 9.79 Å². The third-order valence-corrected chi connectivity index (χ3v) is 1.20. The Balaban J connectivity index is -0.000000140. The van der Waals surface area contributed by atoms with Crippen LogP contribution in [0.2, 0.25) is 9.88 Å². The Hall–Kier alpha value is 1.46. The van der Waals surface area contributed by atoms with Crippen molar-refractivity contribution in [2.24, 2.45) is 0 Å². The van der Waals surface area contributed by atoms with Crippen molar-refractivity contribution < 1.29 is 23.2 Å². The normalized spacial score (nSPS) is 9.38. The summed E-state index contributed by atoms with van der Waals surface area (Å²) in [6, 6.07) is 0. The zero-order chi connectivity index (χ0) is 11.3. The van der Waals surface area contributed by atoms with Gasteiger partial charge >= 0.3 is 47.5 Å². The van der Waals surface area contributed by atoms with Crippen LogP contribution in [-0.2, 0) is 13.4 Å². The van der Waals surface area contributed by atoms with Crippen molar-refractivity contribution >= 4 is 60.9 Å². The molecule has 0 rings (SSSR count). The average molecular weight is 376 g/mol. The molecule has 2 atom stereocenters. The molecule has 0 bridgehead atoms. The Morgan fingerprint density at radius 1 is 1.23 bits per heavy atom. The van der Waals surface area contributed by atoms with Gasteiger partial charge in [-0.3, -0.25) is 0 Å². The third kappa shape index (κ3) is 59.3. The first kappa shape index (κ1) is 19.9. The second kappa shape index (κ2) is 19.1. The summed E-state index contributed by atoms with van der Waals surface area (Å²) < 4.78 is 21.6. The van der Waals surface area contributed by atoms with Crippen molar-refractivity contribution in [1.29, 1.82) is 0 Å². The molecule has 0 aromatic heterocycles. The van der Waals surface area contributed by atoms with Crippen LogP contribution in [0, 0.1) is 0 Å². The molecule has 0 aromatic carbocycles. The van der Waals surface area contributed by atoms with Gasteiger partial charge in [-0.15, -0.1) is 23.2 Å². The molecule has 0 spiro atoms. The molecule has 0 heterocycles. The minimum absolute atomic E-state index is 0.194. The van der Waals surface area contributed by atoms with Crippen LogP contribution in [0.25, 0.3) is 0 Å². The number of alkyl halides is 2. The Labute approximate surface area is 98.9 Å². The van der Waals surface area contributed by atoms with Crippen molar-refractivity contribution in [2.45, 2.75) is 9.88 Å². The van der Waals surface area contributed by atoms with Crippen LogP contribution >= 0.6 is 39.7 Å². The molecule has 5 nitrogen and oxygen atoms in total. The van der Waals surface area contributed by atoms with E-state index in [1.165, 1.54) is 0 Å². The van der Waals surface area contributed by atoms with Crippen LogP contribution in [0.3, 0.4) is 0 Å². The molecule has 0 fully saturated rings. The van der Waals surface area contributed by atoms with Crippen molar-refractivity contribution in [1.82, 2.24) is 0 Å².